The Bertz CT molecular complexity index is 953. The molecule has 0 bridgehead atoms. The van der Waals surface area contributed by atoms with Crippen LogP contribution in [0.3, 0.4) is 0 Å². The van der Waals surface area contributed by atoms with Crippen molar-refractivity contribution in [1.29, 1.82) is 0 Å². The van der Waals surface area contributed by atoms with E-state index in [-0.39, 0.29) is 22.8 Å². The van der Waals surface area contributed by atoms with E-state index in [1.807, 2.05) is 6.07 Å². The smallest absolute Gasteiger partial charge is 0.347 e. The van der Waals surface area contributed by atoms with Gasteiger partial charge in [-0.05, 0) is 48.9 Å². The molecule has 5 heteroatoms. The van der Waals surface area contributed by atoms with E-state index in [9.17, 15) is 20.1 Å². The summed E-state index contributed by atoms with van der Waals surface area (Å²) in [6.45, 7) is 4.44. The summed E-state index contributed by atoms with van der Waals surface area (Å²) < 4.78 is 5.42. The average Bonchev–Trinajstić information content (AvgIpc) is 2.91. The summed E-state index contributed by atoms with van der Waals surface area (Å²) in [5.74, 6) is -1.53. The number of ether oxygens (including phenoxy) is 1. The molecule has 3 N–H and O–H groups in total. The third kappa shape index (κ3) is 11.0. The predicted molar refractivity (Wildman–Crippen MR) is 155 cm³/mol. The van der Waals surface area contributed by atoms with Crippen LogP contribution >= 0.6 is 0 Å². The molecule has 0 saturated heterocycles. The second kappa shape index (κ2) is 18.5. The quantitative estimate of drug-likeness (QED) is 0.0692. The number of carbonyl (C=O) groups excluding carboxylic acids is 1. The fraction of sp³-hybridized carbons (Fsp3) is 0.606. The molecule has 2 rings (SSSR count). The number of unbranched alkanes of at least 4 members (excludes halogenated alkanes) is 14. The SMILES string of the molecule is CCCCCCCCCCc1cccc(OC(=O)c2ccc(CCCCCCCCCC)c(O)c2O)c1O. The molecular formula is C33H50O5. The first-order valence-corrected chi connectivity index (χ1v) is 15.1. The molecule has 2 aromatic carbocycles. The van der Waals surface area contributed by atoms with Crippen molar-refractivity contribution in [1.82, 2.24) is 0 Å². The topological polar surface area (TPSA) is 87.0 Å². The lowest BCUT2D eigenvalue weighted by Gasteiger charge is -2.13. The maximum Gasteiger partial charge on any atom is 0.347 e. The number of hydrogen-bond donors (Lipinski definition) is 3. The molecule has 0 aliphatic heterocycles. The third-order valence-corrected chi connectivity index (χ3v) is 7.34. The number of phenols is 3. The summed E-state index contributed by atoms with van der Waals surface area (Å²) in [6, 6.07) is 8.30. The van der Waals surface area contributed by atoms with Gasteiger partial charge >= 0.3 is 5.97 Å². The van der Waals surface area contributed by atoms with Crippen LogP contribution in [0.15, 0.2) is 30.3 Å². The Morgan fingerprint density at radius 1 is 0.579 bits per heavy atom. The molecule has 2 aromatic rings. The van der Waals surface area contributed by atoms with Gasteiger partial charge in [-0.3, -0.25) is 0 Å². The molecule has 0 radical (unpaired) electrons. The minimum absolute atomic E-state index is 0.0428. The zero-order valence-corrected chi connectivity index (χ0v) is 23.8. The standard InChI is InChI=1S/C33H50O5/c1-3-5-7-9-11-13-15-17-20-26-22-19-23-29(30(26)34)38-33(37)28-25-24-27(31(35)32(28)36)21-18-16-14-12-10-8-6-4-2/h19,22-25,34-36H,3-18,20-21H2,1-2H3. The normalized spacial score (nSPS) is 11.1. The Morgan fingerprint density at radius 2 is 1.05 bits per heavy atom. The monoisotopic (exact) mass is 526 g/mol. The van der Waals surface area contributed by atoms with Gasteiger partial charge in [-0.25, -0.2) is 4.79 Å². The third-order valence-electron chi connectivity index (χ3n) is 7.34. The average molecular weight is 527 g/mol. The van der Waals surface area contributed by atoms with Crippen molar-refractivity contribution >= 4 is 5.97 Å². The molecule has 38 heavy (non-hydrogen) atoms. The van der Waals surface area contributed by atoms with Crippen LogP contribution in [0.1, 0.15) is 138 Å². The number of para-hydroxylation sites is 1. The van der Waals surface area contributed by atoms with Gasteiger partial charge in [0.05, 0.1) is 0 Å². The van der Waals surface area contributed by atoms with E-state index in [1.165, 1.54) is 89.2 Å². The van der Waals surface area contributed by atoms with E-state index in [1.54, 1.807) is 12.1 Å². The van der Waals surface area contributed by atoms with Crippen LogP contribution in [0, 0.1) is 0 Å². The minimum atomic E-state index is -0.809. The largest absolute Gasteiger partial charge is 0.504 e. The van der Waals surface area contributed by atoms with Crippen molar-refractivity contribution in [2.75, 3.05) is 0 Å². The zero-order chi connectivity index (χ0) is 27.6. The van der Waals surface area contributed by atoms with Gasteiger partial charge in [0.25, 0.3) is 0 Å². The lowest BCUT2D eigenvalue weighted by molar-refractivity contribution is 0.0725. The second-order valence-electron chi connectivity index (χ2n) is 10.6. The van der Waals surface area contributed by atoms with Gasteiger partial charge in [0.2, 0.25) is 0 Å². The van der Waals surface area contributed by atoms with Gasteiger partial charge in [0.1, 0.15) is 5.56 Å². The summed E-state index contributed by atoms with van der Waals surface area (Å²) in [6.07, 6.45) is 20.5. The van der Waals surface area contributed by atoms with Crippen molar-refractivity contribution in [2.45, 2.75) is 129 Å². The van der Waals surface area contributed by atoms with Crippen LogP contribution in [0.2, 0.25) is 0 Å². The second-order valence-corrected chi connectivity index (χ2v) is 10.6. The Hall–Kier alpha value is -2.69. The highest BCUT2D eigenvalue weighted by atomic mass is 16.5. The number of carbonyl (C=O) groups is 1. The van der Waals surface area contributed by atoms with Gasteiger partial charge in [-0.15, -0.1) is 0 Å². The van der Waals surface area contributed by atoms with Crippen molar-refractivity contribution in [3.8, 4) is 23.0 Å². The fourth-order valence-electron chi connectivity index (χ4n) is 4.89. The zero-order valence-electron chi connectivity index (χ0n) is 23.8. The molecule has 212 valence electrons. The van der Waals surface area contributed by atoms with Crippen molar-refractivity contribution < 1.29 is 24.9 Å². The van der Waals surface area contributed by atoms with Gasteiger partial charge < -0.3 is 20.1 Å². The van der Waals surface area contributed by atoms with Gasteiger partial charge in [0, 0.05) is 0 Å². The van der Waals surface area contributed by atoms with E-state index in [4.69, 9.17) is 4.74 Å². The number of esters is 1. The van der Waals surface area contributed by atoms with E-state index < -0.39 is 11.7 Å². The van der Waals surface area contributed by atoms with E-state index in [2.05, 4.69) is 13.8 Å². The minimum Gasteiger partial charge on any atom is -0.504 e. The lowest BCUT2D eigenvalue weighted by atomic mass is 10.0. The molecule has 5 nitrogen and oxygen atoms in total. The molecule has 0 aliphatic carbocycles. The summed E-state index contributed by atoms with van der Waals surface area (Å²) in [5, 5.41) is 31.6. The number of rotatable bonds is 20. The van der Waals surface area contributed by atoms with Crippen molar-refractivity contribution in [3.05, 3.63) is 47.0 Å². The number of hydrogen-bond acceptors (Lipinski definition) is 5. The number of aryl methyl sites for hydroxylation is 2. The highest BCUT2D eigenvalue weighted by Crippen LogP contribution is 2.36. The maximum absolute atomic E-state index is 12.8. The highest BCUT2D eigenvalue weighted by molar-refractivity contribution is 5.95. The van der Waals surface area contributed by atoms with Crippen LogP contribution in [-0.4, -0.2) is 21.3 Å². The molecule has 0 amide bonds. The molecule has 0 unspecified atom stereocenters. The Labute approximate surface area is 230 Å². The highest BCUT2D eigenvalue weighted by Gasteiger charge is 2.21. The van der Waals surface area contributed by atoms with E-state index in [0.717, 1.165) is 31.2 Å². The first-order chi connectivity index (χ1) is 18.5. The van der Waals surface area contributed by atoms with Crippen LogP contribution in [-0.2, 0) is 12.8 Å². The van der Waals surface area contributed by atoms with Gasteiger partial charge in [-0.2, -0.15) is 0 Å². The summed E-state index contributed by atoms with van der Waals surface area (Å²) >= 11 is 0. The molecule has 0 fully saturated rings. The van der Waals surface area contributed by atoms with Crippen molar-refractivity contribution in [2.24, 2.45) is 0 Å². The van der Waals surface area contributed by atoms with Gasteiger partial charge in [0.15, 0.2) is 23.0 Å². The summed E-state index contributed by atoms with van der Waals surface area (Å²) in [5.41, 5.74) is 1.25. The Morgan fingerprint density at radius 3 is 1.58 bits per heavy atom. The predicted octanol–water partition coefficient (Wildman–Crippen LogP) is 9.39. The molecule has 0 heterocycles. The fourth-order valence-corrected chi connectivity index (χ4v) is 4.89. The maximum atomic E-state index is 12.8. The molecule has 0 aliphatic rings. The van der Waals surface area contributed by atoms with Crippen molar-refractivity contribution in [3.63, 3.8) is 0 Å². The van der Waals surface area contributed by atoms with E-state index >= 15 is 0 Å². The first kappa shape index (κ1) is 31.5. The summed E-state index contributed by atoms with van der Waals surface area (Å²) in [7, 11) is 0. The first-order valence-electron chi connectivity index (χ1n) is 15.1. The van der Waals surface area contributed by atoms with Gasteiger partial charge in [-0.1, -0.05) is 122 Å². The molecule has 0 atom stereocenters. The lowest BCUT2D eigenvalue weighted by Crippen LogP contribution is -2.09. The van der Waals surface area contributed by atoms with Crippen LogP contribution < -0.4 is 4.74 Å². The van der Waals surface area contributed by atoms with Crippen LogP contribution in [0.25, 0.3) is 0 Å². The number of benzene rings is 2. The number of aromatic hydroxyl groups is 3. The molecule has 0 saturated carbocycles. The number of phenolic OH excluding ortho intramolecular Hbond substituents is 3. The summed E-state index contributed by atoms with van der Waals surface area (Å²) in [4.78, 5) is 12.8. The Kier molecular flexibility index (Phi) is 15.4. The van der Waals surface area contributed by atoms with Crippen LogP contribution in [0.4, 0.5) is 0 Å². The molecular weight excluding hydrogens is 476 g/mol. The molecule has 0 aromatic heterocycles. The Balaban J connectivity index is 1.84. The van der Waals surface area contributed by atoms with E-state index in [0.29, 0.717) is 18.4 Å². The van der Waals surface area contributed by atoms with Crippen LogP contribution in [0.5, 0.6) is 23.0 Å². The molecule has 0 spiro atoms.